The van der Waals surface area contributed by atoms with Crippen LogP contribution in [0, 0.1) is 23.7 Å². The van der Waals surface area contributed by atoms with Crippen molar-refractivity contribution in [3.05, 3.63) is 43.2 Å². The van der Waals surface area contributed by atoms with E-state index in [0.29, 0.717) is 38.9 Å². The van der Waals surface area contributed by atoms with E-state index in [4.69, 9.17) is 23.7 Å². The lowest BCUT2D eigenvalue weighted by molar-refractivity contribution is -0.296. The van der Waals surface area contributed by atoms with E-state index in [1.807, 2.05) is 85.7 Å². The highest BCUT2D eigenvalue weighted by molar-refractivity contribution is 7.17. The second kappa shape index (κ2) is 20.0. The molecule has 3 aliphatic heterocycles. The first-order valence-electron chi connectivity index (χ1n) is 22.5. The molecule has 0 aromatic carbocycles. The van der Waals surface area contributed by atoms with Crippen molar-refractivity contribution < 1.29 is 48.0 Å². The van der Waals surface area contributed by atoms with Gasteiger partial charge in [0.1, 0.15) is 23.9 Å². The minimum Gasteiger partial charge on any atom is -0.458 e. The fourth-order valence-electron chi connectivity index (χ4n) is 10.0. The SMILES string of the molecule is CC[C@H]1OC(=O)[C@H](C)C(=O)[C@H](C)[C@@H](O[C@@H]2O[C@H](C)C[C@H](N(C)CC)[C@H]2O)[C@](C)(OC)C[C@@H](C)C(=O)[C@H](C)[C@@H]2N(CCCCn3cnc(-c4cnc(-n5cccc5)s4)c3)C(=O)O[C@@]21C. The van der Waals surface area contributed by atoms with E-state index in [-0.39, 0.29) is 30.8 Å². The van der Waals surface area contributed by atoms with Crippen LogP contribution in [-0.4, -0.2) is 139 Å². The first-order chi connectivity index (χ1) is 29.9. The summed E-state index contributed by atoms with van der Waals surface area (Å²) in [4.78, 5) is 71.0. The van der Waals surface area contributed by atoms with Crippen molar-refractivity contribution in [3.63, 3.8) is 0 Å². The molecule has 3 saturated heterocycles. The number of aromatic nitrogens is 4. The van der Waals surface area contributed by atoms with E-state index in [2.05, 4.69) is 9.97 Å². The van der Waals surface area contributed by atoms with E-state index in [0.717, 1.165) is 15.7 Å². The van der Waals surface area contributed by atoms with Crippen molar-refractivity contribution in [2.45, 2.75) is 155 Å². The zero-order chi connectivity index (χ0) is 46.0. The third kappa shape index (κ3) is 9.98. The van der Waals surface area contributed by atoms with Gasteiger partial charge in [-0.1, -0.05) is 46.0 Å². The number of nitrogens with zero attached hydrogens (tertiary/aromatic N) is 6. The monoisotopic (exact) mass is 896 g/mol. The molecular weight excluding hydrogens is 829 g/mol. The highest BCUT2D eigenvalue weighted by Crippen LogP contribution is 2.43. The standard InChI is InChI=1S/C46H68N6O10S/c1-12-35-46(9)39(52(44(57)62-46)21-17-14-18-50-25-32(48-26-50)34-24-47-43(63-34)51-19-15-16-20-51)29(5)36(53)27(3)23-45(8,58-11)40(30(6)37(54)31(7)41(56)60-35)61-42-38(55)33(49(10)13-2)22-28(4)59-42/h15-16,19-20,24-31,33,35,38-40,42,55H,12-14,17-18,21-23H2,1-11H3/t27-,28-,29+,30+,31-,33+,35-,38-,39+,40-,42+,45-,46-/m1/s1. The molecule has 0 unspecified atom stereocenters. The molecule has 0 aliphatic carbocycles. The number of methoxy groups -OCH3 is 1. The van der Waals surface area contributed by atoms with Gasteiger partial charge in [-0.05, 0) is 85.5 Å². The number of esters is 1. The number of hydrogen-bond acceptors (Lipinski definition) is 14. The minimum atomic E-state index is -1.41. The molecule has 348 valence electrons. The maximum Gasteiger partial charge on any atom is 0.410 e. The maximum atomic E-state index is 14.8. The van der Waals surface area contributed by atoms with Crippen molar-refractivity contribution in [1.82, 2.24) is 28.9 Å². The lowest BCUT2D eigenvalue weighted by Gasteiger charge is -2.47. The molecule has 6 rings (SSSR count). The number of amides is 1. The van der Waals surface area contributed by atoms with Gasteiger partial charge in [-0.2, -0.15) is 0 Å². The molecule has 3 aromatic heterocycles. The van der Waals surface area contributed by atoms with Crippen LogP contribution in [-0.2, 0) is 44.6 Å². The smallest absolute Gasteiger partial charge is 0.410 e. The van der Waals surface area contributed by atoms with E-state index in [9.17, 15) is 24.3 Å². The molecule has 13 atom stereocenters. The van der Waals surface area contributed by atoms with Gasteiger partial charge in [0.05, 0.1) is 40.7 Å². The molecule has 6 heterocycles. The third-order valence-electron chi connectivity index (χ3n) is 13.8. The van der Waals surface area contributed by atoms with E-state index >= 15 is 0 Å². The Kier molecular flexibility index (Phi) is 15.4. The Balaban J connectivity index is 1.24. The number of unbranched alkanes of at least 4 members (excludes halogenated alkanes) is 1. The zero-order valence-electron chi connectivity index (χ0n) is 38.8. The molecule has 1 N–H and O–H groups in total. The van der Waals surface area contributed by atoms with Gasteiger partial charge in [-0.15, -0.1) is 0 Å². The maximum absolute atomic E-state index is 14.8. The Morgan fingerprint density at radius 3 is 2.35 bits per heavy atom. The number of imidazole rings is 1. The number of Topliss-reactive ketones (excluding diaryl/α,β-unsaturated/α-hetero) is 2. The van der Waals surface area contributed by atoms with Crippen molar-refractivity contribution in [2.75, 3.05) is 27.2 Å². The van der Waals surface area contributed by atoms with E-state index < -0.39 is 83.4 Å². The topological polar surface area (TPSA) is 177 Å². The van der Waals surface area contributed by atoms with Crippen molar-refractivity contribution in [1.29, 1.82) is 0 Å². The van der Waals surface area contributed by atoms with Crippen LogP contribution in [0.25, 0.3) is 15.7 Å². The van der Waals surface area contributed by atoms with Crippen molar-refractivity contribution >= 4 is 35.0 Å². The van der Waals surface area contributed by atoms with Gasteiger partial charge in [-0.3, -0.25) is 14.4 Å². The lowest BCUT2D eigenvalue weighted by atomic mass is 9.73. The van der Waals surface area contributed by atoms with Crippen LogP contribution in [0.4, 0.5) is 4.79 Å². The van der Waals surface area contributed by atoms with E-state index in [1.165, 1.54) is 14.0 Å². The number of ketones is 2. The molecule has 3 aliphatic rings. The number of carbonyl (C=O) groups is 4. The number of fused-ring (bicyclic) bond motifs is 1. The Labute approximate surface area is 375 Å². The summed E-state index contributed by atoms with van der Waals surface area (Å²) in [6.07, 6.45) is 6.70. The summed E-state index contributed by atoms with van der Waals surface area (Å²) in [5, 5.41) is 12.5. The number of likely N-dealkylation sites (N-methyl/N-ethyl adjacent to an activating group) is 1. The summed E-state index contributed by atoms with van der Waals surface area (Å²) >= 11 is 1.55. The first kappa shape index (κ1) is 48.5. The van der Waals surface area contributed by atoms with Crippen LogP contribution >= 0.6 is 11.3 Å². The second-order valence-electron chi connectivity index (χ2n) is 18.3. The van der Waals surface area contributed by atoms with Gasteiger partial charge in [0.15, 0.2) is 22.8 Å². The fraction of sp³-hybridized carbons (Fsp3) is 0.696. The van der Waals surface area contributed by atoms with Gasteiger partial charge in [-0.25, -0.2) is 14.8 Å². The largest absolute Gasteiger partial charge is 0.458 e. The molecule has 1 amide bonds. The Morgan fingerprint density at radius 2 is 1.68 bits per heavy atom. The van der Waals surface area contributed by atoms with Crippen LogP contribution in [0.2, 0.25) is 0 Å². The normalized spacial score (nSPS) is 34.8. The number of hydrogen-bond donors (Lipinski definition) is 1. The molecule has 0 radical (unpaired) electrons. The van der Waals surface area contributed by atoms with Gasteiger partial charge in [0, 0.05) is 68.8 Å². The molecule has 0 bridgehead atoms. The summed E-state index contributed by atoms with van der Waals surface area (Å²) in [6, 6.07) is 2.84. The van der Waals surface area contributed by atoms with Crippen LogP contribution in [0.15, 0.2) is 43.2 Å². The highest BCUT2D eigenvalue weighted by atomic mass is 32.1. The average molecular weight is 897 g/mol. The highest BCUT2D eigenvalue weighted by Gasteiger charge is 2.60. The molecule has 16 nitrogen and oxygen atoms in total. The molecule has 3 fully saturated rings. The summed E-state index contributed by atoms with van der Waals surface area (Å²) in [6.45, 7) is 17.7. The summed E-state index contributed by atoms with van der Waals surface area (Å²) < 4.78 is 35.4. The molecule has 63 heavy (non-hydrogen) atoms. The van der Waals surface area contributed by atoms with Gasteiger partial charge in [0.25, 0.3) is 0 Å². The van der Waals surface area contributed by atoms with Crippen LogP contribution in [0.5, 0.6) is 0 Å². The molecular formula is C46H68N6O10S. The van der Waals surface area contributed by atoms with Gasteiger partial charge < -0.3 is 47.7 Å². The number of aliphatic hydroxyl groups is 1. The number of thiazole rings is 1. The summed E-state index contributed by atoms with van der Waals surface area (Å²) in [7, 11) is 3.43. The number of cyclic esters (lactones) is 1. The van der Waals surface area contributed by atoms with Crippen LogP contribution < -0.4 is 0 Å². The third-order valence-corrected chi connectivity index (χ3v) is 14.9. The summed E-state index contributed by atoms with van der Waals surface area (Å²) in [5.41, 5.74) is -1.86. The first-order valence-corrected chi connectivity index (χ1v) is 23.3. The predicted octanol–water partition coefficient (Wildman–Crippen LogP) is 6.17. The van der Waals surface area contributed by atoms with Crippen LogP contribution in [0.1, 0.15) is 94.4 Å². The summed E-state index contributed by atoms with van der Waals surface area (Å²) in [5.74, 6) is -4.98. The fourth-order valence-corrected chi connectivity index (χ4v) is 10.9. The molecule has 17 heteroatoms. The van der Waals surface area contributed by atoms with Crippen molar-refractivity contribution in [3.8, 4) is 15.7 Å². The number of rotatable bonds is 13. The quantitative estimate of drug-likeness (QED) is 0.117. The van der Waals surface area contributed by atoms with Crippen LogP contribution in [0.3, 0.4) is 0 Å². The average Bonchev–Trinajstić information content (AvgIpc) is 4.10. The Bertz CT molecular complexity index is 2040. The van der Waals surface area contributed by atoms with E-state index in [1.54, 1.807) is 50.3 Å². The van der Waals surface area contributed by atoms with Gasteiger partial charge in [0.2, 0.25) is 0 Å². The minimum absolute atomic E-state index is 0.127. The number of ether oxygens (including phenoxy) is 5. The second-order valence-corrected chi connectivity index (χ2v) is 19.3. The Morgan fingerprint density at radius 1 is 0.984 bits per heavy atom. The number of aryl methyl sites for hydroxylation is 1. The zero-order valence-corrected chi connectivity index (χ0v) is 39.6. The molecule has 0 spiro atoms. The predicted molar refractivity (Wildman–Crippen MR) is 236 cm³/mol. The number of aliphatic hydroxyl groups excluding tert-OH is 1. The Hall–Kier alpha value is -4.00. The molecule has 0 saturated carbocycles. The molecule has 3 aromatic rings. The van der Waals surface area contributed by atoms with Crippen molar-refractivity contribution in [2.24, 2.45) is 23.7 Å². The lowest BCUT2D eigenvalue weighted by Crippen LogP contribution is -2.60. The van der Waals surface area contributed by atoms with Gasteiger partial charge >= 0.3 is 12.1 Å². The number of carbonyl (C=O) groups excluding carboxylic acids is 4.